The number of nitrogens with two attached hydrogens (primary N) is 1. The summed E-state index contributed by atoms with van der Waals surface area (Å²) in [6.07, 6.45) is 8.42. The number of aryl methyl sites for hydroxylation is 1. The number of aliphatic hydroxyl groups excluding tert-OH is 1. The van der Waals surface area contributed by atoms with Crippen molar-refractivity contribution in [1.82, 2.24) is 0 Å². The lowest BCUT2D eigenvalue weighted by Gasteiger charge is -2.23. The summed E-state index contributed by atoms with van der Waals surface area (Å²) in [5.74, 6) is 5.79. The largest absolute Gasteiger partial charge is 0.371 e. The normalized spacial score (nSPS) is 15.2. The van der Waals surface area contributed by atoms with Crippen LogP contribution in [0.25, 0.3) is 6.08 Å². The van der Waals surface area contributed by atoms with Gasteiger partial charge in [0.1, 0.15) is 6.79 Å². The molecule has 0 aromatic heterocycles. The number of rotatable bonds is 3. The molecule has 1 aromatic carbocycles. The molecule has 0 aliphatic heterocycles. The van der Waals surface area contributed by atoms with Crippen LogP contribution in [-0.4, -0.2) is 22.9 Å². The number of aliphatic hydroxyl groups is 2. The molecule has 0 atom stereocenters. The highest BCUT2D eigenvalue weighted by molar-refractivity contribution is 5.95. The van der Waals surface area contributed by atoms with Crippen molar-refractivity contribution < 1.29 is 16.4 Å². The van der Waals surface area contributed by atoms with Crippen molar-refractivity contribution in [2.24, 2.45) is 11.1 Å². The standard InChI is InChI=1S/C15H17NO.C9H10.C2H4.CH4O2.H2/c1-11-5-6-13(10-12(9-11)14(16)17)15(2)7-3-4-8-15;1-3-9-6-4-8(2)5-7-9;1-2;2-1-3;/h10H,3-4,7-8H2,1-2H3,(H2,16,17);3-7H,1H2,2H3;1-2H2;2-3H,1H2;1H. The molecular weight excluding hydrogens is 386 g/mol. The first kappa shape index (κ1) is 27.9. The highest BCUT2D eigenvalue weighted by Gasteiger charge is 2.32. The highest BCUT2D eigenvalue weighted by Crippen LogP contribution is 2.44. The maximum atomic E-state index is 11.3. The van der Waals surface area contributed by atoms with E-state index in [1.807, 2.05) is 19.1 Å². The van der Waals surface area contributed by atoms with Crippen molar-refractivity contribution in [3.05, 3.63) is 83.7 Å². The van der Waals surface area contributed by atoms with E-state index in [4.69, 9.17) is 15.9 Å². The van der Waals surface area contributed by atoms with E-state index in [9.17, 15) is 4.79 Å². The van der Waals surface area contributed by atoms with Gasteiger partial charge in [-0.25, -0.2) is 0 Å². The van der Waals surface area contributed by atoms with E-state index in [0.717, 1.165) is 24.0 Å². The Balaban J connectivity index is 0. The number of carbonyl (C=O) groups excluding carboxylic acids is 1. The number of benzene rings is 1. The monoisotopic (exact) mass is 423 g/mol. The second kappa shape index (κ2) is 14.8. The Morgan fingerprint density at radius 1 is 1.16 bits per heavy atom. The predicted octanol–water partition coefficient (Wildman–Crippen LogP) is 5.08. The average Bonchev–Trinajstić information content (AvgIpc) is 3.10. The van der Waals surface area contributed by atoms with Crippen molar-refractivity contribution in [2.45, 2.75) is 46.5 Å². The zero-order valence-corrected chi connectivity index (χ0v) is 19.0. The molecule has 1 amide bonds. The lowest BCUT2D eigenvalue weighted by Crippen LogP contribution is -2.16. The topological polar surface area (TPSA) is 83.6 Å². The van der Waals surface area contributed by atoms with Crippen LogP contribution in [-0.2, 0) is 4.79 Å². The van der Waals surface area contributed by atoms with Gasteiger partial charge in [0.15, 0.2) is 0 Å². The third kappa shape index (κ3) is 9.98. The molecule has 31 heavy (non-hydrogen) atoms. The van der Waals surface area contributed by atoms with E-state index in [1.54, 1.807) is 0 Å². The van der Waals surface area contributed by atoms with Crippen molar-refractivity contribution in [2.75, 3.05) is 6.79 Å². The molecule has 0 radical (unpaired) electrons. The minimum Gasteiger partial charge on any atom is -0.371 e. The van der Waals surface area contributed by atoms with Crippen LogP contribution in [0.1, 0.15) is 52.1 Å². The summed E-state index contributed by atoms with van der Waals surface area (Å²) in [5, 5.41) is 14.2. The van der Waals surface area contributed by atoms with Crippen LogP contribution >= 0.6 is 0 Å². The van der Waals surface area contributed by atoms with Gasteiger partial charge in [0.2, 0.25) is 0 Å². The quantitative estimate of drug-likeness (QED) is 0.274. The molecule has 4 nitrogen and oxygen atoms in total. The molecule has 168 valence electrons. The molecule has 0 unspecified atom stereocenters. The van der Waals surface area contributed by atoms with Crippen LogP contribution in [0, 0.1) is 24.2 Å². The molecule has 1 saturated carbocycles. The van der Waals surface area contributed by atoms with Crippen LogP contribution in [0.4, 0.5) is 0 Å². The molecule has 0 heterocycles. The van der Waals surface area contributed by atoms with Gasteiger partial charge in [-0.2, -0.15) is 0 Å². The molecule has 1 fully saturated rings. The van der Waals surface area contributed by atoms with Gasteiger partial charge in [0.05, 0.1) is 5.57 Å². The van der Waals surface area contributed by atoms with Gasteiger partial charge in [-0.1, -0.05) is 79.8 Å². The van der Waals surface area contributed by atoms with Gasteiger partial charge in [0.25, 0.3) is 5.91 Å². The number of amides is 1. The first-order valence-electron chi connectivity index (χ1n) is 10.2. The summed E-state index contributed by atoms with van der Waals surface area (Å²) in [5.41, 5.74) is 13.1. The molecular formula is C27H37NO3. The van der Waals surface area contributed by atoms with Gasteiger partial charge in [0, 0.05) is 18.0 Å². The number of hydrogen-bond acceptors (Lipinski definition) is 3. The number of hydrogen-bond donors (Lipinski definition) is 3. The third-order valence-electron chi connectivity index (χ3n) is 4.93. The summed E-state index contributed by atoms with van der Waals surface area (Å²) in [7, 11) is 0. The van der Waals surface area contributed by atoms with E-state index in [2.05, 4.69) is 75.4 Å². The van der Waals surface area contributed by atoms with E-state index in [0.29, 0.717) is 5.57 Å². The van der Waals surface area contributed by atoms with Gasteiger partial charge < -0.3 is 15.9 Å². The second-order valence-corrected chi connectivity index (χ2v) is 7.36. The van der Waals surface area contributed by atoms with Crippen LogP contribution in [0.5, 0.6) is 0 Å². The van der Waals surface area contributed by atoms with Crippen LogP contribution < -0.4 is 5.73 Å². The molecule has 2 aliphatic rings. The molecule has 1 aromatic rings. The molecule has 3 rings (SSSR count). The van der Waals surface area contributed by atoms with Crippen LogP contribution in [0.3, 0.4) is 0 Å². The van der Waals surface area contributed by atoms with E-state index in [1.165, 1.54) is 24.0 Å². The third-order valence-corrected chi connectivity index (χ3v) is 4.93. The zero-order valence-electron chi connectivity index (χ0n) is 19.0. The summed E-state index contributed by atoms with van der Waals surface area (Å²) in [6, 6.07) is 8.28. The smallest absolute Gasteiger partial charge is 0.256 e. The second-order valence-electron chi connectivity index (χ2n) is 7.36. The fraction of sp³-hybridized carbons (Fsp3) is 0.333. The molecule has 0 saturated heterocycles. The van der Waals surface area contributed by atoms with Crippen LogP contribution in [0.2, 0.25) is 0 Å². The van der Waals surface area contributed by atoms with Gasteiger partial charge >= 0.3 is 0 Å². The number of primary amides is 1. The van der Waals surface area contributed by atoms with Crippen LogP contribution in [0.15, 0.2) is 72.5 Å². The minimum atomic E-state index is -0.750. The molecule has 0 spiro atoms. The minimum absolute atomic E-state index is 0. The number of allylic oxidation sites excluding steroid dienone is 1. The summed E-state index contributed by atoms with van der Waals surface area (Å²) < 4.78 is 0. The fourth-order valence-electron chi connectivity index (χ4n) is 3.20. The lowest BCUT2D eigenvalue weighted by atomic mass is 9.80. The molecule has 4 N–H and O–H groups in total. The Hall–Kier alpha value is -3.09. The lowest BCUT2D eigenvalue weighted by molar-refractivity contribution is -0.114. The van der Waals surface area contributed by atoms with E-state index >= 15 is 0 Å². The van der Waals surface area contributed by atoms with Crippen molar-refractivity contribution >= 4 is 12.0 Å². The van der Waals surface area contributed by atoms with E-state index < -0.39 is 12.7 Å². The highest BCUT2D eigenvalue weighted by atomic mass is 16.5. The first-order valence-corrected chi connectivity index (χ1v) is 10.2. The van der Waals surface area contributed by atoms with Gasteiger partial charge in [-0.15, -0.1) is 13.2 Å². The fourth-order valence-corrected chi connectivity index (χ4v) is 3.20. The Morgan fingerprint density at radius 3 is 2.13 bits per heavy atom. The number of carbonyl (C=O) groups is 1. The Bertz CT molecular complexity index is 889. The SMILES string of the molecule is C=C.C=Cc1ccc(C)cc1.CC1=C=C(C(N)=O)C=C(C2(C)CCCC2)C#C1.OCO.[HH]. The molecule has 4 heteroatoms. The maximum Gasteiger partial charge on any atom is 0.256 e. The summed E-state index contributed by atoms with van der Waals surface area (Å²) >= 11 is 0. The van der Waals surface area contributed by atoms with Crippen molar-refractivity contribution in [3.63, 3.8) is 0 Å². The molecule has 2 aliphatic carbocycles. The summed E-state index contributed by atoms with van der Waals surface area (Å²) in [6.45, 7) is 15.1. The first-order chi connectivity index (χ1) is 14.8. The Labute approximate surface area is 188 Å². The zero-order chi connectivity index (χ0) is 23.9. The average molecular weight is 424 g/mol. The Kier molecular flexibility index (Phi) is 13.3. The van der Waals surface area contributed by atoms with Crippen molar-refractivity contribution in [1.29, 1.82) is 0 Å². The Morgan fingerprint density at radius 2 is 1.68 bits per heavy atom. The van der Waals surface area contributed by atoms with Gasteiger partial charge in [-0.05, 0) is 38.3 Å². The molecule has 0 bridgehead atoms. The van der Waals surface area contributed by atoms with Crippen molar-refractivity contribution in [3.8, 4) is 11.8 Å². The van der Waals surface area contributed by atoms with E-state index in [-0.39, 0.29) is 6.84 Å². The maximum absolute atomic E-state index is 11.3. The summed E-state index contributed by atoms with van der Waals surface area (Å²) in [4.78, 5) is 11.3. The van der Waals surface area contributed by atoms with Gasteiger partial charge in [-0.3, -0.25) is 4.79 Å². The predicted molar refractivity (Wildman–Crippen MR) is 132 cm³/mol.